The Morgan fingerprint density at radius 2 is 2.50 bits per heavy atom. The highest BCUT2D eigenvalue weighted by atomic mass is 127. The van der Waals surface area contributed by atoms with Crippen molar-refractivity contribution >= 4 is 28.8 Å². The van der Waals surface area contributed by atoms with Gasteiger partial charge in [-0.2, -0.15) is 0 Å². The van der Waals surface area contributed by atoms with Gasteiger partial charge in [-0.3, -0.25) is 0 Å². The van der Waals surface area contributed by atoms with Gasteiger partial charge in [0.05, 0.1) is 5.41 Å². The molecule has 0 radical (unpaired) electrons. The lowest BCUT2D eigenvalue weighted by atomic mass is 10.1. The van der Waals surface area contributed by atoms with Crippen molar-refractivity contribution in [2.45, 2.75) is 10.6 Å². The molecule has 2 unspecified atom stereocenters. The molecule has 1 aliphatic carbocycles. The Morgan fingerprint density at radius 1 is 1.86 bits per heavy atom. The lowest BCUT2D eigenvalue weighted by molar-refractivity contribution is 0.132. The molecule has 80 valence electrons. The fraction of sp³-hybridized carbons (Fsp3) is 0.667. The Balaban J connectivity index is 2.36. The predicted molar refractivity (Wildman–Crippen MR) is 62.7 cm³/mol. The molecule has 1 aliphatic rings. The van der Waals surface area contributed by atoms with E-state index in [0.717, 1.165) is 0 Å². The first-order chi connectivity index (χ1) is 6.43. The van der Waals surface area contributed by atoms with Crippen molar-refractivity contribution in [3.8, 4) is 0 Å². The van der Waals surface area contributed by atoms with Crippen LogP contribution in [0, 0.1) is 10.8 Å². The van der Waals surface area contributed by atoms with Gasteiger partial charge in [-0.15, -0.1) is 0 Å². The van der Waals surface area contributed by atoms with E-state index in [1.807, 2.05) is 13.1 Å². The largest absolute Gasteiger partial charge is 0.493 e. The van der Waals surface area contributed by atoms with Crippen molar-refractivity contribution in [1.82, 2.24) is 5.32 Å². The minimum absolute atomic E-state index is 0.0265. The van der Waals surface area contributed by atoms with Crippen LogP contribution in [0.3, 0.4) is 0 Å². The van der Waals surface area contributed by atoms with Crippen molar-refractivity contribution < 1.29 is 9.13 Å². The highest BCUT2D eigenvalue weighted by Gasteiger charge is 2.44. The first-order valence-corrected chi connectivity index (χ1v) is 5.41. The fourth-order valence-corrected chi connectivity index (χ4v) is 1.33. The molecular weight excluding hydrogens is 298 g/mol. The van der Waals surface area contributed by atoms with E-state index in [4.69, 9.17) is 10.1 Å². The molecule has 0 aromatic carbocycles. The number of hydrogen-bond donors (Lipinski definition) is 2. The maximum atomic E-state index is 13.1. The third-order valence-electron chi connectivity index (χ3n) is 1.97. The average Bonchev–Trinajstić information content (AvgIpc) is 2.76. The smallest absolute Gasteiger partial charge is 0.192 e. The second-order valence-corrected chi connectivity index (χ2v) is 5.83. The molecule has 0 aromatic heterocycles. The molecule has 0 saturated heterocycles. The topological polar surface area (TPSA) is 45.1 Å². The van der Waals surface area contributed by atoms with Crippen LogP contribution in [0.15, 0.2) is 11.8 Å². The second kappa shape index (κ2) is 4.14. The van der Waals surface area contributed by atoms with Crippen molar-refractivity contribution in [3.05, 3.63) is 11.8 Å². The Kier molecular flexibility index (Phi) is 3.52. The standard InChI is InChI=1S/C9H14FIN2O/c1-8(10,11)6-14-7-3-9(7,4-12)5-13-2/h3-4,12-13H,5-6H2,1-2H3. The van der Waals surface area contributed by atoms with Gasteiger partial charge in [-0.1, -0.05) is 0 Å². The zero-order valence-corrected chi connectivity index (χ0v) is 10.4. The fourth-order valence-electron chi connectivity index (χ4n) is 1.17. The zero-order chi connectivity index (χ0) is 10.8. The molecule has 0 fully saturated rings. The lowest BCUT2D eigenvalue weighted by Gasteiger charge is -2.16. The van der Waals surface area contributed by atoms with Gasteiger partial charge < -0.3 is 15.5 Å². The molecule has 0 saturated carbocycles. The summed E-state index contributed by atoms with van der Waals surface area (Å²) in [6, 6.07) is 0. The minimum atomic E-state index is -1.35. The Labute approximate surface area is 96.7 Å². The van der Waals surface area contributed by atoms with Crippen LogP contribution in [-0.2, 0) is 4.74 Å². The molecule has 1 rings (SSSR count). The predicted octanol–water partition coefficient (Wildman–Crippen LogP) is 1.88. The van der Waals surface area contributed by atoms with Crippen LogP contribution in [0.25, 0.3) is 0 Å². The lowest BCUT2D eigenvalue weighted by Crippen LogP contribution is -2.25. The van der Waals surface area contributed by atoms with E-state index in [9.17, 15) is 4.39 Å². The molecule has 0 aromatic rings. The normalized spacial score (nSPS) is 29.0. The summed E-state index contributed by atoms with van der Waals surface area (Å²) >= 11 is 1.69. The zero-order valence-electron chi connectivity index (χ0n) is 8.23. The Hall–Kier alpha value is -0.170. The molecule has 3 nitrogen and oxygen atoms in total. The molecule has 2 N–H and O–H groups in total. The van der Waals surface area contributed by atoms with Crippen LogP contribution >= 0.6 is 22.6 Å². The van der Waals surface area contributed by atoms with Gasteiger partial charge in [0.15, 0.2) is 3.68 Å². The molecule has 0 spiro atoms. The Morgan fingerprint density at radius 3 is 2.93 bits per heavy atom. The van der Waals surface area contributed by atoms with Gasteiger partial charge in [-0.25, -0.2) is 4.39 Å². The van der Waals surface area contributed by atoms with Gasteiger partial charge in [0, 0.05) is 12.8 Å². The van der Waals surface area contributed by atoms with Gasteiger partial charge >= 0.3 is 0 Å². The maximum Gasteiger partial charge on any atom is 0.192 e. The highest BCUT2D eigenvalue weighted by Crippen LogP contribution is 2.43. The SMILES string of the molecule is CNCC1(C=N)C=C1OCC(C)(F)I. The van der Waals surface area contributed by atoms with Crippen molar-refractivity contribution in [2.24, 2.45) is 5.41 Å². The first kappa shape index (κ1) is 11.9. The van der Waals surface area contributed by atoms with E-state index in [1.165, 1.54) is 13.1 Å². The molecule has 2 atom stereocenters. The Bertz CT molecular complexity index is 262. The molecule has 0 bridgehead atoms. The van der Waals surface area contributed by atoms with Crippen molar-refractivity contribution in [2.75, 3.05) is 20.2 Å². The van der Waals surface area contributed by atoms with Crippen LogP contribution in [-0.4, -0.2) is 30.1 Å². The van der Waals surface area contributed by atoms with Gasteiger partial charge in [0.1, 0.15) is 12.4 Å². The van der Waals surface area contributed by atoms with E-state index in [1.54, 1.807) is 22.6 Å². The van der Waals surface area contributed by atoms with Crippen LogP contribution in [0.4, 0.5) is 4.39 Å². The number of halogens is 2. The van der Waals surface area contributed by atoms with Crippen LogP contribution in [0.5, 0.6) is 0 Å². The number of alkyl halides is 2. The molecule has 5 heteroatoms. The second-order valence-electron chi connectivity index (χ2n) is 3.58. The van der Waals surface area contributed by atoms with Gasteiger partial charge in [-0.05, 0) is 42.6 Å². The quantitative estimate of drug-likeness (QED) is 0.447. The van der Waals surface area contributed by atoms with E-state index < -0.39 is 9.09 Å². The monoisotopic (exact) mass is 312 g/mol. The maximum absolute atomic E-state index is 13.1. The van der Waals surface area contributed by atoms with Crippen LogP contribution in [0.1, 0.15) is 6.92 Å². The summed E-state index contributed by atoms with van der Waals surface area (Å²) < 4.78 is 17.0. The van der Waals surface area contributed by atoms with E-state index in [-0.39, 0.29) is 6.61 Å². The first-order valence-electron chi connectivity index (χ1n) is 4.34. The summed E-state index contributed by atoms with van der Waals surface area (Å²) in [5, 5.41) is 10.2. The molecule has 0 heterocycles. The molecule has 14 heavy (non-hydrogen) atoms. The van der Waals surface area contributed by atoms with Crippen LogP contribution < -0.4 is 5.32 Å². The van der Waals surface area contributed by atoms with Crippen molar-refractivity contribution in [1.29, 1.82) is 5.41 Å². The highest BCUT2D eigenvalue weighted by molar-refractivity contribution is 14.1. The number of ether oxygens (including phenoxy) is 1. The van der Waals surface area contributed by atoms with E-state index in [2.05, 4.69) is 5.32 Å². The summed E-state index contributed by atoms with van der Waals surface area (Å²) in [5.41, 5.74) is -0.392. The number of rotatable bonds is 6. The van der Waals surface area contributed by atoms with Gasteiger partial charge in [0.25, 0.3) is 0 Å². The summed E-state index contributed by atoms with van der Waals surface area (Å²) in [6.45, 7) is 2.12. The summed E-state index contributed by atoms with van der Waals surface area (Å²) in [6.07, 6.45) is 3.15. The van der Waals surface area contributed by atoms with E-state index >= 15 is 0 Å². The summed E-state index contributed by atoms with van der Waals surface area (Å²) in [4.78, 5) is 0. The molecule has 0 aliphatic heterocycles. The number of nitrogens with one attached hydrogen (secondary N) is 2. The average molecular weight is 312 g/mol. The molecular formula is C9H14FIN2O. The molecule has 0 amide bonds. The van der Waals surface area contributed by atoms with E-state index in [0.29, 0.717) is 12.3 Å². The third-order valence-corrected chi connectivity index (χ3v) is 2.28. The number of hydrogen-bond acceptors (Lipinski definition) is 3. The minimum Gasteiger partial charge on any atom is -0.493 e. The van der Waals surface area contributed by atoms with Gasteiger partial charge in [0.2, 0.25) is 0 Å². The van der Waals surface area contributed by atoms with Crippen molar-refractivity contribution in [3.63, 3.8) is 0 Å². The summed E-state index contributed by atoms with van der Waals surface area (Å²) in [5.74, 6) is 0.697. The van der Waals surface area contributed by atoms with Crippen LogP contribution in [0.2, 0.25) is 0 Å². The third kappa shape index (κ3) is 2.91. The summed E-state index contributed by atoms with van der Waals surface area (Å²) in [7, 11) is 1.81.